The van der Waals surface area contributed by atoms with Gasteiger partial charge in [0.05, 0.1) is 40.7 Å². The van der Waals surface area contributed by atoms with Crippen molar-refractivity contribution in [2.45, 2.75) is 31.6 Å². The van der Waals surface area contributed by atoms with Gasteiger partial charge in [0.2, 0.25) is 0 Å². The molecule has 3 aromatic rings. The zero-order valence-corrected chi connectivity index (χ0v) is 14.2. The van der Waals surface area contributed by atoms with Crippen molar-refractivity contribution in [1.29, 1.82) is 0 Å². The van der Waals surface area contributed by atoms with Crippen molar-refractivity contribution < 1.29 is 4.79 Å². The number of carbonyl (C=O) groups is 1. The number of nitrogens with one attached hydrogen (secondary N) is 2. The average molecular weight is 357 g/mol. The number of amides is 2. The standard InChI is InChI=1S/C17H17ClN6O/c18-12-7-13(9-19-8-12)22-17(25)23-14-10-20-15-5-6-21-24(15)16(14)11-3-1-2-4-11/h5-11H,1-4H2,(H2,22,23,25). The molecule has 0 spiro atoms. The Kier molecular flexibility index (Phi) is 4.23. The summed E-state index contributed by atoms with van der Waals surface area (Å²) in [7, 11) is 0. The Bertz CT molecular complexity index is 918. The molecular weight excluding hydrogens is 340 g/mol. The SMILES string of the molecule is O=C(Nc1cncc(Cl)c1)Nc1cnc2ccnn2c1C1CCCC1. The minimum Gasteiger partial charge on any atom is -0.306 e. The fraction of sp³-hybridized carbons (Fsp3) is 0.294. The topological polar surface area (TPSA) is 84.2 Å². The van der Waals surface area contributed by atoms with Gasteiger partial charge in [0.1, 0.15) is 0 Å². The molecule has 2 N–H and O–H groups in total. The molecule has 4 rings (SSSR count). The minimum absolute atomic E-state index is 0.364. The lowest BCUT2D eigenvalue weighted by molar-refractivity contribution is 0.262. The third kappa shape index (κ3) is 3.28. The van der Waals surface area contributed by atoms with Crippen molar-refractivity contribution in [3.05, 3.63) is 47.6 Å². The van der Waals surface area contributed by atoms with Crippen LogP contribution in [-0.2, 0) is 0 Å². The maximum Gasteiger partial charge on any atom is 0.323 e. The van der Waals surface area contributed by atoms with Gasteiger partial charge in [-0.2, -0.15) is 5.10 Å². The van der Waals surface area contributed by atoms with Crippen LogP contribution in [0.15, 0.2) is 36.9 Å². The highest BCUT2D eigenvalue weighted by Gasteiger charge is 2.24. The van der Waals surface area contributed by atoms with Gasteiger partial charge in [0, 0.05) is 18.2 Å². The molecule has 7 nitrogen and oxygen atoms in total. The Morgan fingerprint density at radius 1 is 1.20 bits per heavy atom. The molecule has 0 atom stereocenters. The van der Waals surface area contributed by atoms with E-state index in [1.807, 2.05) is 10.6 Å². The van der Waals surface area contributed by atoms with Gasteiger partial charge in [-0.15, -0.1) is 0 Å². The van der Waals surface area contributed by atoms with Gasteiger partial charge in [-0.25, -0.2) is 14.3 Å². The normalized spacial score (nSPS) is 14.8. The molecule has 1 saturated carbocycles. The maximum atomic E-state index is 12.4. The van der Waals surface area contributed by atoms with Crippen molar-refractivity contribution in [2.24, 2.45) is 0 Å². The van der Waals surface area contributed by atoms with Crippen molar-refractivity contribution >= 4 is 34.7 Å². The van der Waals surface area contributed by atoms with E-state index >= 15 is 0 Å². The largest absolute Gasteiger partial charge is 0.323 e. The van der Waals surface area contributed by atoms with Gasteiger partial charge < -0.3 is 10.6 Å². The van der Waals surface area contributed by atoms with Crippen LogP contribution in [0.3, 0.4) is 0 Å². The number of halogens is 1. The quantitative estimate of drug-likeness (QED) is 0.740. The van der Waals surface area contributed by atoms with Crippen molar-refractivity contribution in [2.75, 3.05) is 10.6 Å². The summed E-state index contributed by atoms with van der Waals surface area (Å²) in [6.07, 6.45) is 11.0. The number of hydrogen-bond acceptors (Lipinski definition) is 4. The number of carbonyl (C=O) groups excluding carboxylic acids is 1. The number of anilines is 2. The van der Waals surface area contributed by atoms with E-state index < -0.39 is 0 Å². The first-order chi connectivity index (χ1) is 12.2. The molecule has 0 unspecified atom stereocenters. The van der Waals surface area contributed by atoms with E-state index in [9.17, 15) is 4.79 Å². The summed E-state index contributed by atoms with van der Waals surface area (Å²) in [5.41, 5.74) is 3.00. The van der Waals surface area contributed by atoms with Crippen LogP contribution in [0.1, 0.15) is 37.3 Å². The number of fused-ring (bicyclic) bond motifs is 1. The summed E-state index contributed by atoms with van der Waals surface area (Å²) in [4.78, 5) is 20.7. The smallest absolute Gasteiger partial charge is 0.306 e. The van der Waals surface area contributed by atoms with Crippen molar-refractivity contribution in [1.82, 2.24) is 19.6 Å². The average Bonchev–Trinajstić information content (AvgIpc) is 3.26. The molecule has 128 valence electrons. The third-order valence-corrected chi connectivity index (χ3v) is 4.61. The van der Waals surface area contributed by atoms with Gasteiger partial charge in [-0.3, -0.25) is 4.98 Å². The second-order valence-electron chi connectivity index (χ2n) is 6.11. The number of rotatable bonds is 3. The first kappa shape index (κ1) is 15.8. The predicted molar refractivity (Wildman–Crippen MR) is 96.1 cm³/mol. The van der Waals surface area contributed by atoms with Gasteiger partial charge in [0.25, 0.3) is 0 Å². The molecule has 2 amide bonds. The monoisotopic (exact) mass is 356 g/mol. The molecule has 1 aliphatic carbocycles. The van der Waals surface area contributed by atoms with E-state index in [1.165, 1.54) is 25.2 Å². The number of nitrogens with zero attached hydrogens (tertiary/aromatic N) is 4. The Labute approximate surface area is 149 Å². The summed E-state index contributed by atoms with van der Waals surface area (Å²) in [5.74, 6) is 0.369. The van der Waals surface area contributed by atoms with E-state index in [4.69, 9.17) is 11.6 Å². The molecule has 0 aliphatic heterocycles. The molecule has 3 aromatic heterocycles. The molecule has 0 radical (unpaired) electrons. The Balaban J connectivity index is 1.62. The second-order valence-corrected chi connectivity index (χ2v) is 6.55. The summed E-state index contributed by atoms with van der Waals surface area (Å²) in [6.45, 7) is 0. The Hall–Kier alpha value is -2.67. The fourth-order valence-corrected chi connectivity index (χ4v) is 3.52. The molecule has 0 aromatic carbocycles. The summed E-state index contributed by atoms with van der Waals surface area (Å²) < 4.78 is 1.83. The van der Waals surface area contributed by atoms with E-state index in [-0.39, 0.29) is 6.03 Å². The van der Waals surface area contributed by atoms with Crippen LogP contribution in [0.2, 0.25) is 5.02 Å². The lowest BCUT2D eigenvalue weighted by Gasteiger charge is -2.17. The van der Waals surface area contributed by atoms with Gasteiger partial charge in [-0.1, -0.05) is 24.4 Å². The number of hydrogen-bond donors (Lipinski definition) is 2. The zero-order valence-electron chi connectivity index (χ0n) is 13.4. The fourth-order valence-electron chi connectivity index (χ4n) is 3.34. The number of urea groups is 1. The van der Waals surface area contributed by atoms with Crippen LogP contribution in [0.25, 0.3) is 5.65 Å². The highest BCUT2D eigenvalue weighted by atomic mass is 35.5. The number of aromatic nitrogens is 4. The Morgan fingerprint density at radius 3 is 2.84 bits per heavy atom. The lowest BCUT2D eigenvalue weighted by Crippen LogP contribution is -2.22. The summed E-state index contributed by atoms with van der Waals surface area (Å²) in [5, 5.41) is 10.5. The first-order valence-electron chi connectivity index (χ1n) is 8.22. The van der Waals surface area contributed by atoms with Gasteiger partial charge in [-0.05, 0) is 18.9 Å². The molecular formula is C17H17ClN6O. The minimum atomic E-state index is -0.364. The van der Waals surface area contributed by atoms with E-state index in [0.29, 0.717) is 22.3 Å². The zero-order chi connectivity index (χ0) is 17.2. The molecule has 0 saturated heterocycles. The van der Waals surface area contributed by atoms with Crippen LogP contribution < -0.4 is 10.6 Å². The molecule has 1 aliphatic rings. The highest BCUT2D eigenvalue weighted by Crippen LogP contribution is 2.37. The molecule has 3 heterocycles. The van der Waals surface area contributed by atoms with Crippen LogP contribution in [0.4, 0.5) is 16.2 Å². The van der Waals surface area contributed by atoms with E-state index in [0.717, 1.165) is 24.2 Å². The Morgan fingerprint density at radius 2 is 2.04 bits per heavy atom. The van der Waals surface area contributed by atoms with Gasteiger partial charge in [0.15, 0.2) is 5.65 Å². The molecule has 25 heavy (non-hydrogen) atoms. The van der Waals surface area contributed by atoms with E-state index in [2.05, 4.69) is 25.7 Å². The van der Waals surface area contributed by atoms with E-state index in [1.54, 1.807) is 18.5 Å². The first-order valence-corrected chi connectivity index (χ1v) is 8.60. The molecule has 0 bridgehead atoms. The molecule has 1 fully saturated rings. The van der Waals surface area contributed by atoms with Crippen LogP contribution in [0.5, 0.6) is 0 Å². The second kappa shape index (κ2) is 6.68. The van der Waals surface area contributed by atoms with Crippen molar-refractivity contribution in [3.8, 4) is 0 Å². The van der Waals surface area contributed by atoms with Crippen LogP contribution in [0, 0.1) is 0 Å². The van der Waals surface area contributed by atoms with Crippen LogP contribution >= 0.6 is 11.6 Å². The van der Waals surface area contributed by atoms with Crippen molar-refractivity contribution in [3.63, 3.8) is 0 Å². The predicted octanol–water partition coefficient (Wildman–Crippen LogP) is 4.08. The summed E-state index contributed by atoms with van der Waals surface area (Å²) in [6, 6.07) is 3.14. The molecule has 8 heteroatoms. The number of pyridine rings is 1. The third-order valence-electron chi connectivity index (χ3n) is 4.41. The highest BCUT2D eigenvalue weighted by molar-refractivity contribution is 6.30. The lowest BCUT2D eigenvalue weighted by atomic mass is 10.0. The summed E-state index contributed by atoms with van der Waals surface area (Å²) >= 11 is 5.90. The van der Waals surface area contributed by atoms with Crippen LogP contribution in [-0.4, -0.2) is 25.6 Å². The van der Waals surface area contributed by atoms with Gasteiger partial charge >= 0.3 is 6.03 Å². The maximum absolute atomic E-state index is 12.4.